The van der Waals surface area contributed by atoms with Gasteiger partial charge in [-0.15, -0.1) is 0 Å². The first-order chi connectivity index (χ1) is 25.7. The number of ether oxygens (including phenoxy) is 3. The van der Waals surface area contributed by atoms with E-state index in [4.69, 9.17) is 14.2 Å². The number of rotatable bonds is 17. The highest BCUT2D eigenvalue weighted by molar-refractivity contribution is 7.91. The summed E-state index contributed by atoms with van der Waals surface area (Å²) >= 11 is 0. The Morgan fingerprint density at radius 2 is 1.65 bits per heavy atom. The van der Waals surface area contributed by atoms with Crippen LogP contribution in [0, 0.1) is 17.3 Å². The number of fused-ring (bicyclic) bond motifs is 1. The van der Waals surface area contributed by atoms with Crippen LogP contribution in [0.5, 0.6) is 5.75 Å². The SMILES string of the molecule is COc1cc2ccccc2cc1CCCCCCOC(=O)N[C@H](C(=O)N1C[C@@H](OC)C[C@H]1C(=O)N[C@]1(C(=O)NS(=O)(=O)C2CC2)C[C@H]1C1CC1)C(C)(C)C. The molecule has 4 aliphatic rings. The molecule has 6 rings (SSSR count). The van der Waals surface area contributed by atoms with Crippen LogP contribution in [0.2, 0.25) is 0 Å². The van der Waals surface area contributed by atoms with Crippen LogP contribution >= 0.6 is 0 Å². The van der Waals surface area contributed by atoms with Crippen LogP contribution in [-0.2, 0) is 40.3 Å². The van der Waals surface area contributed by atoms with E-state index in [1.54, 1.807) is 7.11 Å². The third kappa shape index (κ3) is 9.13. The van der Waals surface area contributed by atoms with Gasteiger partial charge < -0.3 is 29.7 Å². The van der Waals surface area contributed by atoms with Crippen molar-refractivity contribution in [3.63, 3.8) is 0 Å². The van der Waals surface area contributed by atoms with Gasteiger partial charge in [0.15, 0.2) is 0 Å². The van der Waals surface area contributed by atoms with Crippen LogP contribution in [0.4, 0.5) is 4.79 Å². The van der Waals surface area contributed by atoms with Crippen LogP contribution < -0.4 is 20.1 Å². The minimum Gasteiger partial charge on any atom is -0.496 e. The standard InChI is InChI=1S/C40H56N4O9S/c1-39(2,3)34(41-38(48)53-19-11-7-6-8-14-28-20-26-12-9-10-13-27(26)21-33(28)52-5)36(46)44-24-29(51-4)22-32(44)35(45)42-40(23-31(40)25-15-16-25)37(47)43-54(49,50)30-17-18-30/h9-10,12-13,20-21,25,29-32,34H,6-8,11,14-19,22-24H2,1-5H3,(H,41,48)(H,42,45)(H,43,47)/t29-,31-,32-,34+,40+/m0/s1. The number of methoxy groups -OCH3 is 2. The van der Waals surface area contributed by atoms with Gasteiger partial charge in [0.25, 0.3) is 5.91 Å². The van der Waals surface area contributed by atoms with Gasteiger partial charge in [-0.2, -0.15) is 0 Å². The fourth-order valence-electron chi connectivity index (χ4n) is 7.82. The van der Waals surface area contributed by atoms with E-state index in [9.17, 15) is 27.6 Å². The maximum Gasteiger partial charge on any atom is 0.407 e. The normalized spacial score (nSPS) is 24.5. The minimum absolute atomic E-state index is 0.114. The lowest BCUT2D eigenvalue weighted by atomic mass is 9.85. The molecule has 3 N–H and O–H groups in total. The summed E-state index contributed by atoms with van der Waals surface area (Å²) in [6.45, 7) is 5.78. The molecule has 0 unspecified atom stereocenters. The number of sulfonamides is 1. The van der Waals surface area contributed by atoms with Crippen LogP contribution in [-0.4, -0.2) is 93.5 Å². The number of nitrogens with one attached hydrogen (secondary N) is 3. The summed E-state index contributed by atoms with van der Waals surface area (Å²) in [5, 5.41) is 7.40. The lowest BCUT2D eigenvalue weighted by Crippen LogP contribution is -2.60. The zero-order valence-corrected chi connectivity index (χ0v) is 33.0. The first-order valence-corrected chi connectivity index (χ1v) is 20.9. The summed E-state index contributed by atoms with van der Waals surface area (Å²) in [5.74, 6) is -0.749. The van der Waals surface area contributed by atoms with Crippen LogP contribution in [0.3, 0.4) is 0 Å². The molecule has 3 aliphatic carbocycles. The molecule has 0 aromatic heterocycles. The van der Waals surface area contributed by atoms with Gasteiger partial charge in [-0.05, 0) is 97.1 Å². The fourth-order valence-corrected chi connectivity index (χ4v) is 9.19. The Labute approximate surface area is 318 Å². The molecule has 4 fully saturated rings. The Hall–Kier alpha value is -3.91. The number of aryl methyl sites for hydroxylation is 1. The van der Waals surface area contributed by atoms with E-state index in [-0.39, 0.29) is 31.4 Å². The van der Waals surface area contributed by atoms with Crippen molar-refractivity contribution in [2.45, 2.75) is 120 Å². The Morgan fingerprint density at radius 3 is 2.28 bits per heavy atom. The van der Waals surface area contributed by atoms with Crippen molar-refractivity contribution < 1.29 is 41.8 Å². The second-order valence-electron chi connectivity index (χ2n) is 16.6. The molecular weight excluding hydrogens is 713 g/mol. The molecule has 1 saturated heterocycles. The van der Waals surface area contributed by atoms with Crippen molar-refractivity contribution in [1.29, 1.82) is 0 Å². The average molecular weight is 769 g/mol. The third-order valence-corrected chi connectivity index (χ3v) is 13.3. The van der Waals surface area contributed by atoms with Gasteiger partial charge in [0.1, 0.15) is 23.4 Å². The van der Waals surface area contributed by atoms with Gasteiger partial charge in [0, 0.05) is 20.1 Å². The first kappa shape index (κ1) is 39.8. The Morgan fingerprint density at radius 1 is 0.963 bits per heavy atom. The molecule has 54 heavy (non-hydrogen) atoms. The van der Waals surface area contributed by atoms with Crippen molar-refractivity contribution in [3.8, 4) is 5.75 Å². The molecule has 0 radical (unpaired) electrons. The van der Waals surface area contributed by atoms with E-state index >= 15 is 0 Å². The largest absolute Gasteiger partial charge is 0.496 e. The van der Waals surface area contributed by atoms with Gasteiger partial charge >= 0.3 is 6.09 Å². The molecule has 0 bridgehead atoms. The zero-order chi connectivity index (χ0) is 38.8. The lowest BCUT2D eigenvalue weighted by molar-refractivity contribution is -0.143. The molecule has 4 amide bonds. The number of alkyl carbamates (subject to hydrolysis) is 1. The van der Waals surface area contributed by atoms with Gasteiger partial charge in [-0.3, -0.25) is 19.1 Å². The highest BCUT2D eigenvalue weighted by Gasteiger charge is 2.67. The van der Waals surface area contributed by atoms with Crippen molar-refractivity contribution in [2.75, 3.05) is 27.4 Å². The molecule has 3 saturated carbocycles. The van der Waals surface area contributed by atoms with Gasteiger partial charge in [0.2, 0.25) is 21.8 Å². The van der Waals surface area contributed by atoms with Crippen molar-refractivity contribution in [3.05, 3.63) is 42.0 Å². The van der Waals surface area contributed by atoms with Gasteiger partial charge in [-0.25, -0.2) is 13.2 Å². The Balaban J connectivity index is 1.01. The Bertz CT molecular complexity index is 1840. The molecule has 13 nitrogen and oxygen atoms in total. The van der Waals surface area contributed by atoms with Crippen LogP contribution in [0.25, 0.3) is 10.8 Å². The van der Waals surface area contributed by atoms with E-state index in [0.717, 1.165) is 49.7 Å². The van der Waals surface area contributed by atoms with Crippen molar-refractivity contribution in [1.82, 2.24) is 20.3 Å². The molecule has 5 atom stereocenters. The summed E-state index contributed by atoms with van der Waals surface area (Å²) in [6, 6.07) is 10.5. The van der Waals surface area contributed by atoms with E-state index < -0.39 is 68.2 Å². The van der Waals surface area contributed by atoms with Crippen LogP contribution in [0.15, 0.2) is 36.4 Å². The highest BCUT2D eigenvalue weighted by atomic mass is 32.2. The van der Waals surface area contributed by atoms with Crippen molar-refractivity contribution >= 4 is 44.6 Å². The third-order valence-electron chi connectivity index (χ3n) is 11.4. The average Bonchev–Trinajstić information content (AvgIpc) is 4.01. The molecule has 0 spiro atoms. The van der Waals surface area contributed by atoms with Gasteiger partial charge in [-0.1, -0.05) is 57.9 Å². The van der Waals surface area contributed by atoms with Gasteiger partial charge in [0.05, 0.1) is 25.1 Å². The fraction of sp³-hybridized carbons (Fsp3) is 0.650. The molecule has 2 aromatic carbocycles. The maximum absolute atomic E-state index is 14.2. The van der Waals surface area contributed by atoms with E-state index in [2.05, 4.69) is 39.6 Å². The number of unbranched alkanes of at least 4 members (excludes halogenated alkanes) is 3. The number of carbonyl (C=O) groups is 4. The summed E-state index contributed by atoms with van der Waals surface area (Å²) < 4.78 is 44.3. The second kappa shape index (κ2) is 16.1. The predicted octanol–water partition coefficient (Wildman–Crippen LogP) is 4.60. The zero-order valence-electron chi connectivity index (χ0n) is 32.2. The van der Waals surface area contributed by atoms with E-state index in [1.165, 1.54) is 23.0 Å². The number of likely N-dealkylation sites (tertiary alicyclic amines) is 1. The number of hydrogen-bond acceptors (Lipinski definition) is 9. The number of amides is 4. The topological polar surface area (TPSA) is 169 Å². The summed E-state index contributed by atoms with van der Waals surface area (Å²) in [6.07, 6.45) is 6.54. The monoisotopic (exact) mass is 768 g/mol. The molecule has 1 heterocycles. The number of benzene rings is 2. The highest BCUT2D eigenvalue weighted by Crippen LogP contribution is 2.57. The van der Waals surface area contributed by atoms with Crippen molar-refractivity contribution in [2.24, 2.45) is 17.3 Å². The first-order valence-electron chi connectivity index (χ1n) is 19.4. The predicted molar refractivity (Wildman–Crippen MR) is 203 cm³/mol. The summed E-state index contributed by atoms with van der Waals surface area (Å²) in [4.78, 5) is 56.1. The molecular formula is C40H56N4O9S. The number of carbonyl (C=O) groups excluding carboxylic acids is 4. The lowest BCUT2D eigenvalue weighted by Gasteiger charge is -2.35. The molecule has 14 heteroatoms. The summed E-state index contributed by atoms with van der Waals surface area (Å²) in [5.41, 5.74) is -0.911. The van der Waals surface area contributed by atoms with E-state index in [1.807, 2.05) is 32.9 Å². The Kier molecular flexibility index (Phi) is 11.8. The maximum atomic E-state index is 14.2. The second-order valence-corrected chi connectivity index (χ2v) is 18.6. The number of nitrogens with zero attached hydrogens (tertiary/aromatic N) is 1. The molecule has 2 aromatic rings. The number of hydrogen-bond donors (Lipinski definition) is 3. The summed E-state index contributed by atoms with van der Waals surface area (Å²) in [7, 11) is -0.618. The molecule has 296 valence electrons. The quantitative estimate of drug-likeness (QED) is 0.195. The minimum atomic E-state index is -3.81. The van der Waals surface area contributed by atoms with E-state index in [0.29, 0.717) is 25.7 Å². The molecule has 1 aliphatic heterocycles. The smallest absolute Gasteiger partial charge is 0.407 e. The van der Waals surface area contributed by atoms with Crippen LogP contribution in [0.1, 0.15) is 90.5 Å².